The van der Waals surface area contributed by atoms with Crippen molar-refractivity contribution in [3.63, 3.8) is 0 Å². The van der Waals surface area contributed by atoms with E-state index in [2.05, 4.69) is 22.0 Å². The van der Waals surface area contributed by atoms with Crippen LogP contribution in [-0.2, 0) is 0 Å². The summed E-state index contributed by atoms with van der Waals surface area (Å²) in [5.74, 6) is 0. The predicted octanol–water partition coefficient (Wildman–Crippen LogP) is 2.97. The molecule has 1 nitrogen and oxygen atoms in total. The van der Waals surface area contributed by atoms with Crippen molar-refractivity contribution in [2.45, 2.75) is 0 Å². The summed E-state index contributed by atoms with van der Waals surface area (Å²) in [6.07, 6.45) is 3.91. The molecule has 0 fully saturated rings. The minimum atomic E-state index is 0.717. The van der Waals surface area contributed by atoms with Gasteiger partial charge in [0, 0.05) is 5.33 Å². The zero-order valence-electron chi connectivity index (χ0n) is 6.50. The van der Waals surface area contributed by atoms with Crippen molar-refractivity contribution in [2.75, 3.05) is 5.33 Å². The van der Waals surface area contributed by atoms with E-state index in [-0.39, 0.29) is 0 Å². The molecule has 0 N–H and O–H groups in total. The number of benzene rings is 1. The first-order valence-electron chi connectivity index (χ1n) is 3.60. The number of allylic oxidation sites excluding steroid dienone is 1. The highest BCUT2D eigenvalue weighted by Gasteiger charge is 1.93. The van der Waals surface area contributed by atoms with Crippen LogP contribution in [0.4, 0.5) is 0 Å². The fourth-order valence-corrected chi connectivity index (χ4v) is 1.10. The second kappa shape index (κ2) is 4.74. The number of alkyl halides is 1. The number of nitriles is 1. The van der Waals surface area contributed by atoms with Crippen molar-refractivity contribution in [2.24, 2.45) is 0 Å². The van der Waals surface area contributed by atoms with Gasteiger partial charge in [0.2, 0.25) is 0 Å². The molecule has 60 valence electrons. The average Bonchev–Trinajstić information content (AvgIpc) is 2.15. The fourth-order valence-electron chi connectivity index (χ4n) is 0.916. The number of rotatable bonds is 2. The fraction of sp³-hybridized carbons (Fsp3) is 0.100. The molecule has 2 heteroatoms. The molecule has 0 aliphatic rings. The molecule has 0 unspecified atom stereocenters. The van der Waals surface area contributed by atoms with E-state index in [1.807, 2.05) is 36.4 Å². The Morgan fingerprint density at radius 3 is 2.83 bits per heavy atom. The molecule has 1 aromatic rings. The van der Waals surface area contributed by atoms with E-state index in [1.54, 1.807) is 0 Å². The van der Waals surface area contributed by atoms with E-state index >= 15 is 0 Å². The first kappa shape index (κ1) is 9.02. The number of halogens is 1. The minimum Gasteiger partial charge on any atom is -0.192 e. The monoisotopic (exact) mass is 221 g/mol. The van der Waals surface area contributed by atoms with Gasteiger partial charge < -0.3 is 0 Å². The van der Waals surface area contributed by atoms with Gasteiger partial charge in [0.1, 0.15) is 0 Å². The lowest BCUT2D eigenvalue weighted by molar-refractivity contribution is 1.47. The lowest BCUT2D eigenvalue weighted by Gasteiger charge is -1.94. The molecule has 0 spiro atoms. The Hall–Kier alpha value is -1.07. The highest BCUT2D eigenvalue weighted by atomic mass is 79.9. The molecule has 0 atom stereocenters. The predicted molar refractivity (Wildman–Crippen MR) is 54.0 cm³/mol. The molecule has 0 bridgehead atoms. The summed E-state index contributed by atoms with van der Waals surface area (Å²) in [6, 6.07) is 9.67. The van der Waals surface area contributed by atoms with Crippen molar-refractivity contribution < 1.29 is 0 Å². The van der Waals surface area contributed by atoms with Crippen LogP contribution in [-0.4, -0.2) is 5.33 Å². The summed E-state index contributed by atoms with van der Waals surface area (Å²) in [4.78, 5) is 0. The minimum absolute atomic E-state index is 0.717. The molecule has 1 aromatic carbocycles. The van der Waals surface area contributed by atoms with Crippen molar-refractivity contribution in [3.8, 4) is 6.07 Å². The van der Waals surface area contributed by atoms with E-state index in [0.717, 1.165) is 16.5 Å². The van der Waals surface area contributed by atoms with Crippen LogP contribution in [0.25, 0.3) is 6.08 Å². The molecular weight excluding hydrogens is 214 g/mol. The van der Waals surface area contributed by atoms with Gasteiger partial charge in [-0.25, -0.2) is 0 Å². The normalized spacial score (nSPS) is 10.0. The van der Waals surface area contributed by atoms with Gasteiger partial charge in [0.05, 0.1) is 11.6 Å². The Bertz CT molecular complexity index is 323. The van der Waals surface area contributed by atoms with Gasteiger partial charge in [-0.2, -0.15) is 5.26 Å². The maximum atomic E-state index is 8.72. The Morgan fingerprint density at radius 2 is 2.17 bits per heavy atom. The van der Waals surface area contributed by atoms with E-state index in [0.29, 0.717) is 0 Å². The second-order valence-electron chi connectivity index (χ2n) is 2.26. The van der Waals surface area contributed by atoms with Gasteiger partial charge in [0.15, 0.2) is 0 Å². The Morgan fingerprint density at radius 1 is 1.42 bits per heavy atom. The third-order valence-corrected chi connectivity index (χ3v) is 1.84. The summed E-state index contributed by atoms with van der Waals surface area (Å²) in [5.41, 5.74) is 1.69. The first-order valence-corrected chi connectivity index (χ1v) is 4.72. The van der Waals surface area contributed by atoms with Crippen LogP contribution in [0.1, 0.15) is 11.1 Å². The molecular formula is C10H8BrN. The van der Waals surface area contributed by atoms with Crippen LogP contribution < -0.4 is 0 Å². The first-order chi connectivity index (χ1) is 5.88. The summed E-state index contributed by atoms with van der Waals surface area (Å²) in [7, 11) is 0. The van der Waals surface area contributed by atoms with Crippen LogP contribution in [0.3, 0.4) is 0 Å². The Labute approximate surface area is 80.5 Å². The lowest BCUT2D eigenvalue weighted by Crippen LogP contribution is -1.79. The van der Waals surface area contributed by atoms with Crippen molar-refractivity contribution in [3.05, 3.63) is 41.5 Å². The van der Waals surface area contributed by atoms with Crippen molar-refractivity contribution in [1.29, 1.82) is 5.26 Å². The SMILES string of the molecule is N#Cc1ccccc1/C=C/CBr. The third-order valence-electron chi connectivity index (χ3n) is 1.47. The maximum Gasteiger partial charge on any atom is 0.0997 e. The molecule has 0 aliphatic carbocycles. The quantitative estimate of drug-likeness (QED) is 0.705. The summed E-state index contributed by atoms with van der Waals surface area (Å²) < 4.78 is 0. The van der Waals surface area contributed by atoms with E-state index < -0.39 is 0 Å². The highest BCUT2D eigenvalue weighted by Crippen LogP contribution is 2.09. The summed E-state index contributed by atoms with van der Waals surface area (Å²) in [5, 5.41) is 9.53. The van der Waals surface area contributed by atoms with Crippen LogP contribution in [0.2, 0.25) is 0 Å². The molecule has 0 radical (unpaired) electrons. The number of nitrogens with zero attached hydrogens (tertiary/aromatic N) is 1. The molecule has 0 saturated heterocycles. The molecule has 12 heavy (non-hydrogen) atoms. The molecule has 0 saturated carbocycles. The zero-order valence-corrected chi connectivity index (χ0v) is 8.08. The van der Waals surface area contributed by atoms with Gasteiger partial charge in [0.25, 0.3) is 0 Å². The van der Waals surface area contributed by atoms with E-state index in [1.165, 1.54) is 0 Å². The van der Waals surface area contributed by atoms with Crippen molar-refractivity contribution >= 4 is 22.0 Å². The summed E-state index contributed by atoms with van der Waals surface area (Å²) >= 11 is 3.28. The molecule has 0 heterocycles. The topological polar surface area (TPSA) is 23.8 Å². The van der Waals surface area contributed by atoms with Gasteiger partial charge in [-0.05, 0) is 11.6 Å². The van der Waals surface area contributed by atoms with Gasteiger partial charge in [-0.1, -0.05) is 46.3 Å². The molecule has 0 aliphatic heterocycles. The molecule has 0 aromatic heterocycles. The van der Waals surface area contributed by atoms with Crippen LogP contribution >= 0.6 is 15.9 Å². The number of hydrogen-bond donors (Lipinski definition) is 0. The van der Waals surface area contributed by atoms with Crippen LogP contribution in [0.5, 0.6) is 0 Å². The highest BCUT2D eigenvalue weighted by molar-refractivity contribution is 9.09. The molecule has 0 amide bonds. The smallest absolute Gasteiger partial charge is 0.0997 e. The van der Waals surface area contributed by atoms with E-state index in [9.17, 15) is 0 Å². The standard InChI is InChI=1S/C10H8BrN/c11-7-3-6-9-4-1-2-5-10(9)8-12/h1-6H,7H2/b6-3+. The zero-order chi connectivity index (χ0) is 8.81. The largest absolute Gasteiger partial charge is 0.192 e. The van der Waals surface area contributed by atoms with Gasteiger partial charge in [-0.15, -0.1) is 0 Å². The van der Waals surface area contributed by atoms with E-state index in [4.69, 9.17) is 5.26 Å². The lowest BCUT2D eigenvalue weighted by atomic mass is 10.1. The second-order valence-corrected chi connectivity index (χ2v) is 2.90. The summed E-state index contributed by atoms with van der Waals surface area (Å²) in [6.45, 7) is 0. The third kappa shape index (κ3) is 2.21. The Kier molecular flexibility index (Phi) is 3.56. The van der Waals surface area contributed by atoms with Crippen LogP contribution in [0.15, 0.2) is 30.3 Å². The van der Waals surface area contributed by atoms with Gasteiger partial charge >= 0.3 is 0 Å². The number of hydrogen-bond acceptors (Lipinski definition) is 1. The Balaban J connectivity index is 2.99. The van der Waals surface area contributed by atoms with Crippen LogP contribution in [0, 0.1) is 11.3 Å². The average molecular weight is 222 g/mol. The van der Waals surface area contributed by atoms with Crippen molar-refractivity contribution in [1.82, 2.24) is 0 Å². The maximum absolute atomic E-state index is 8.72. The van der Waals surface area contributed by atoms with Gasteiger partial charge in [-0.3, -0.25) is 0 Å². The molecule has 1 rings (SSSR count).